The molecule has 0 aliphatic carbocycles. The van der Waals surface area contributed by atoms with Gasteiger partial charge < -0.3 is 16.0 Å². The molecule has 1 aromatic rings. The van der Waals surface area contributed by atoms with Crippen LogP contribution in [0.4, 0.5) is 0 Å². The zero-order valence-electron chi connectivity index (χ0n) is 11.4. The molecule has 1 aliphatic heterocycles. The van der Waals surface area contributed by atoms with Gasteiger partial charge in [-0.25, -0.2) is 0 Å². The molecule has 1 fully saturated rings. The summed E-state index contributed by atoms with van der Waals surface area (Å²) in [6.07, 6.45) is 1.52. The molecule has 3 N–H and O–H groups in total. The van der Waals surface area contributed by atoms with Gasteiger partial charge in [-0.15, -0.1) is 0 Å². The van der Waals surface area contributed by atoms with Crippen LogP contribution in [0.25, 0.3) is 0 Å². The largest absolute Gasteiger partial charge is 0.391 e. The zero-order valence-corrected chi connectivity index (χ0v) is 14.3. The maximum Gasteiger partial charge on any atom is 0.252 e. The highest BCUT2D eigenvalue weighted by atomic mass is 127. The van der Waals surface area contributed by atoms with Crippen molar-refractivity contribution in [3.8, 4) is 0 Å². The minimum absolute atomic E-state index is 0.110. The lowest BCUT2D eigenvalue weighted by Gasteiger charge is -2.40. The van der Waals surface area contributed by atoms with Crippen molar-refractivity contribution in [2.45, 2.75) is 18.4 Å². The molecule has 1 aliphatic rings. The number of nitrogens with two attached hydrogens (primary N) is 1. The molecule has 0 radical (unpaired) electrons. The number of piperidine rings is 1. The molecule has 1 aromatic carbocycles. The van der Waals surface area contributed by atoms with Gasteiger partial charge in [-0.3, -0.25) is 4.79 Å². The topological polar surface area (TPSA) is 58.4 Å². The third-order valence-electron chi connectivity index (χ3n) is 3.75. The first-order valence-corrected chi connectivity index (χ1v) is 7.98. The highest BCUT2D eigenvalue weighted by Crippen LogP contribution is 2.23. The number of nitrogens with one attached hydrogen (secondary N) is 1. The van der Waals surface area contributed by atoms with E-state index in [0.717, 1.165) is 29.5 Å². The smallest absolute Gasteiger partial charge is 0.252 e. The van der Waals surface area contributed by atoms with Crippen LogP contribution in [0, 0.1) is 3.57 Å². The molecule has 0 aromatic heterocycles. The van der Waals surface area contributed by atoms with E-state index in [0.29, 0.717) is 10.6 Å². The third-order valence-corrected chi connectivity index (χ3v) is 4.81. The maximum atomic E-state index is 12.4. The molecule has 0 unspecified atom stereocenters. The number of rotatable bonds is 3. The Balaban J connectivity index is 2.17. The van der Waals surface area contributed by atoms with Crippen molar-refractivity contribution in [2.75, 3.05) is 20.1 Å². The van der Waals surface area contributed by atoms with Crippen LogP contribution in [0.3, 0.4) is 0 Å². The van der Waals surface area contributed by atoms with Gasteiger partial charge in [0.2, 0.25) is 0 Å². The third kappa shape index (κ3) is 3.48. The molecule has 0 saturated carbocycles. The molecule has 0 bridgehead atoms. The number of likely N-dealkylation sites (tertiary alicyclic amines) is 1. The highest BCUT2D eigenvalue weighted by molar-refractivity contribution is 14.1. The van der Waals surface area contributed by atoms with Crippen LogP contribution in [0.5, 0.6) is 0 Å². The van der Waals surface area contributed by atoms with E-state index in [9.17, 15) is 4.79 Å². The summed E-state index contributed by atoms with van der Waals surface area (Å²) in [5.74, 6) is -0.110. The van der Waals surface area contributed by atoms with Crippen LogP contribution >= 0.6 is 34.8 Å². The van der Waals surface area contributed by atoms with E-state index in [-0.39, 0.29) is 5.91 Å². The van der Waals surface area contributed by atoms with Crippen molar-refractivity contribution in [3.05, 3.63) is 33.4 Å². The van der Waals surface area contributed by atoms with Gasteiger partial charge in [-0.1, -0.05) is 18.3 Å². The molecule has 1 amide bonds. The SMILES string of the molecule is CN1CCC(NC(=O)c2cccc(I)c2)(C(N)=S)CC1. The average molecular weight is 403 g/mol. The van der Waals surface area contributed by atoms with Gasteiger partial charge in [0, 0.05) is 22.2 Å². The van der Waals surface area contributed by atoms with Gasteiger partial charge >= 0.3 is 0 Å². The lowest BCUT2D eigenvalue weighted by molar-refractivity contribution is 0.0890. The molecule has 2 rings (SSSR count). The minimum atomic E-state index is -0.555. The van der Waals surface area contributed by atoms with Crippen molar-refractivity contribution in [1.29, 1.82) is 0 Å². The normalized spacial score (nSPS) is 18.5. The van der Waals surface area contributed by atoms with Crippen molar-refractivity contribution in [2.24, 2.45) is 5.73 Å². The standard InChI is InChI=1S/C14H18IN3OS/c1-18-7-5-14(6-8-18,13(16)20)17-12(19)10-3-2-4-11(15)9-10/h2-4,9H,5-8H2,1H3,(H2,16,20)(H,17,19). The van der Waals surface area contributed by atoms with Crippen LogP contribution in [-0.2, 0) is 0 Å². The van der Waals surface area contributed by atoms with Crippen LogP contribution in [-0.4, -0.2) is 41.5 Å². The second-order valence-electron chi connectivity index (χ2n) is 5.21. The Labute approximate surface area is 138 Å². The monoisotopic (exact) mass is 403 g/mol. The second kappa shape index (κ2) is 6.36. The summed E-state index contributed by atoms with van der Waals surface area (Å²) in [6.45, 7) is 1.76. The van der Waals surface area contributed by atoms with E-state index in [1.54, 1.807) is 6.07 Å². The van der Waals surface area contributed by atoms with Gasteiger partial charge in [-0.05, 0) is 60.7 Å². The Bertz CT molecular complexity index is 527. The number of carbonyl (C=O) groups is 1. The Kier molecular flexibility index (Phi) is 4.98. The molecular formula is C14H18IN3OS. The first kappa shape index (κ1) is 15.7. The summed E-state index contributed by atoms with van der Waals surface area (Å²) in [5, 5.41) is 3.06. The second-order valence-corrected chi connectivity index (χ2v) is 6.90. The molecular weight excluding hydrogens is 385 g/mol. The number of carbonyl (C=O) groups excluding carboxylic acids is 1. The van der Waals surface area contributed by atoms with Crippen molar-refractivity contribution >= 4 is 45.7 Å². The molecule has 20 heavy (non-hydrogen) atoms. The molecule has 6 heteroatoms. The Morgan fingerprint density at radius 1 is 1.45 bits per heavy atom. The van der Waals surface area contributed by atoms with E-state index in [1.807, 2.05) is 18.2 Å². The molecule has 0 spiro atoms. The zero-order chi connectivity index (χ0) is 14.8. The Morgan fingerprint density at radius 3 is 2.65 bits per heavy atom. The number of hydrogen-bond donors (Lipinski definition) is 2. The van der Waals surface area contributed by atoms with Crippen molar-refractivity contribution < 1.29 is 4.79 Å². The van der Waals surface area contributed by atoms with E-state index < -0.39 is 5.54 Å². The molecule has 1 saturated heterocycles. The van der Waals surface area contributed by atoms with Crippen LogP contribution < -0.4 is 11.1 Å². The first-order chi connectivity index (χ1) is 9.43. The Morgan fingerprint density at radius 2 is 2.10 bits per heavy atom. The summed E-state index contributed by atoms with van der Waals surface area (Å²) in [6, 6.07) is 7.49. The van der Waals surface area contributed by atoms with Crippen molar-refractivity contribution in [3.63, 3.8) is 0 Å². The van der Waals surface area contributed by atoms with Gasteiger partial charge in [0.1, 0.15) is 0 Å². The number of hydrogen-bond acceptors (Lipinski definition) is 3. The average Bonchev–Trinajstić information content (AvgIpc) is 2.41. The number of halogens is 1. The van der Waals surface area contributed by atoms with Crippen LogP contribution in [0.15, 0.2) is 24.3 Å². The fourth-order valence-corrected chi connectivity index (χ4v) is 3.15. The predicted molar refractivity (Wildman–Crippen MR) is 92.9 cm³/mol. The Hall–Kier alpha value is -0.730. The van der Waals surface area contributed by atoms with E-state index in [4.69, 9.17) is 18.0 Å². The lowest BCUT2D eigenvalue weighted by atomic mass is 9.87. The predicted octanol–water partition coefficient (Wildman–Crippen LogP) is 1.77. The lowest BCUT2D eigenvalue weighted by Crippen LogP contribution is -2.61. The first-order valence-electron chi connectivity index (χ1n) is 6.49. The maximum absolute atomic E-state index is 12.4. The fraction of sp³-hybridized carbons (Fsp3) is 0.429. The quantitative estimate of drug-likeness (QED) is 0.597. The fourth-order valence-electron chi connectivity index (χ4n) is 2.35. The summed E-state index contributed by atoms with van der Waals surface area (Å²) >= 11 is 7.40. The number of thiocarbonyl (C=S) groups is 1. The minimum Gasteiger partial charge on any atom is -0.391 e. The highest BCUT2D eigenvalue weighted by Gasteiger charge is 2.38. The van der Waals surface area contributed by atoms with Gasteiger partial charge in [0.25, 0.3) is 5.91 Å². The molecule has 1 heterocycles. The summed E-state index contributed by atoms with van der Waals surface area (Å²) in [4.78, 5) is 15.0. The molecule has 0 atom stereocenters. The van der Waals surface area contributed by atoms with Gasteiger partial charge in [0.15, 0.2) is 0 Å². The van der Waals surface area contributed by atoms with E-state index in [1.165, 1.54) is 0 Å². The summed E-state index contributed by atoms with van der Waals surface area (Å²) in [5.41, 5.74) is 5.99. The molecule has 108 valence electrons. The summed E-state index contributed by atoms with van der Waals surface area (Å²) < 4.78 is 1.03. The van der Waals surface area contributed by atoms with Crippen LogP contribution in [0.2, 0.25) is 0 Å². The number of benzene rings is 1. The van der Waals surface area contributed by atoms with E-state index >= 15 is 0 Å². The van der Waals surface area contributed by atoms with Gasteiger partial charge in [0.05, 0.1) is 10.5 Å². The van der Waals surface area contributed by atoms with Crippen LogP contribution in [0.1, 0.15) is 23.2 Å². The van der Waals surface area contributed by atoms with Crippen molar-refractivity contribution in [1.82, 2.24) is 10.2 Å². The number of nitrogens with zero attached hydrogens (tertiary/aromatic N) is 1. The molecule has 4 nitrogen and oxygen atoms in total. The number of amides is 1. The van der Waals surface area contributed by atoms with Gasteiger partial charge in [-0.2, -0.15) is 0 Å². The van der Waals surface area contributed by atoms with E-state index in [2.05, 4.69) is 39.9 Å². The summed E-state index contributed by atoms with van der Waals surface area (Å²) in [7, 11) is 2.06.